The van der Waals surface area contributed by atoms with Crippen molar-refractivity contribution in [2.45, 2.75) is 25.7 Å². The number of carbonyl (C=O) groups excluding carboxylic acids is 1. The maximum absolute atomic E-state index is 11.1. The molecule has 0 bridgehead atoms. The number of fused-ring (bicyclic) bond motifs is 1. The van der Waals surface area contributed by atoms with E-state index in [-0.39, 0.29) is 0 Å². The molecule has 94 valence electrons. The summed E-state index contributed by atoms with van der Waals surface area (Å²) >= 11 is 0. The Hall–Kier alpha value is -1.68. The minimum atomic E-state index is 0.453. The molecule has 0 radical (unpaired) electrons. The molecule has 1 N–H and O–H groups in total. The molecule has 2 aromatic rings. The minimum absolute atomic E-state index is 0.453. The van der Waals surface area contributed by atoms with Crippen LogP contribution in [0.2, 0.25) is 0 Å². The number of rotatable bonds is 2. The van der Waals surface area contributed by atoms with Crippen LogP contribution in [0.5, 0.6) is 0 Å². The van der Waals surface area contributed by atoms with Gasteiger partial charge in [0.05, 0.1) is 5.52 Å². The molecule has 3 heterocycles. The number of carbonyl (C=O) groups is 1. The van der Waals surface area contributed by atoms with Crippen molar-refractivity contribution in [3.8, 4) is 0 Å². The second-order valence-electron chi connectivity index (χ2n) is 4.96. The molecule has 0 aliphatic carbocycles. The highest BCUT2D eigenvalue weighted by atomic mass is 16.1. The van der Waals surface area contributed by atoms with Crippen LogP contribution in [0.15, 0.2) is 18.3 Å². The normalized spacial score (nSPS) is 17.2. The van der Waals surface area contributed by atoms with Gasteiger partial charge in [-0.2, -0.15) is 0 Å². The molecule has 0 atom stereocenters. The second-order valence-corrected chi connectivity index (χ2v) is 4.96. The van der Waals surface area contributed by atoms with Crippen LogP contribution < -0.4 is 5.32 Å². The van der Waals surface area contributed by atoms with Crippen molar-refractivity contribution in [3.63, 3.8) is 0 Å². The summed E-state index contributed by atoms with van der Waals surface area (Å²) < 4.78 is 2.09. The topological polar surface area (TPSA) is 46.4 Å². The molecular weight excluding hydrogens is 226 g/mol. The summed E-state index contributed by atoms with van der Waals surface area (Å²) in [6.07, 6.45) is 5.11. The summed E-state index contributed by atoms with van der Waals surface area (Å²) in [5.74, 6) is 1.49. The van der Waals surface area contributed by atoms with E-state index >= 15 is 0 Å². The van der Waals surface area contributed by atoms with Crippen LogP contribution in [-0.4, -0.2) is 28.8 Å². The van der Waals surface area contributed by atoms with Gasteiger partial charge in [0, 0.05) is 12.1 Å². The molecule has 4 nitrogen and oxygen atoms in total. The van der Waals surface area contributed by atoms with E-state index in [1.807, 2.05) is 12.1 Å². The van der Waals surface area contributed by atoms with E-state index in [9.17, 15) is 4.79 Å². The van der Waals surface area contributed by atoms with Crippen LogP contribution in [-0.2, 0) is 0 Å². The van der Waals surface area contributed by atoms with Crippen molar-refractivity contribution < 1.29 is 4.79 Å². The lowest BCUT2D eigenvalue weighted by molar-refractivity contribution is 0.112. The number of hydrogen-bond donors (Lipinski definition) is 1. The van der Waals surface area contributed by atoms with Gasteiger partial charge in [0.2, 0.25) is 0 Å². The van der Waals surface area contributed by atoms with Gasteiger partial charge >= 0.3 is 0 Å². The molecule has 1 aliphatic heterocycles. The maximum atomic E-state index is 11.1. The monoisotopic (exact) mass is 243 g/mol. The van der Waals surface area contributed by atoms with Crippen molar-refractivity contribution in [2.75, 3.05) is 13.1 Å². The molecule has 0 aromatic carbocycles. The molecule has 1 aliphatic rings. The summed E-state index contributed by atoms with van der Waals surface area (Å²) in [5, 5.41) is 3.36. The molecule has 1 fully saturated rings. The minimum Gasteiger partial charge on any atom is -0.317 e. The number of aldehydes is 1. The van der Waals surface area contributed by atoms with Crippen LogP contribution in [0.3, 0.4) is 0 Å². The first-order chi connectivity index (χ1) is 8.79. The van der Waals surface area contributed by atoms with Gasteiger partial charge < -0.3 is 9.72 Å². The summed E-state index contributed by atoms with van der Waals surface area (Å²) in [7, 11) is 0. The number of nitrogens with one attached hydrogen (secondary N) is 1. The molecule has 0 unspecified atom stereocenters. The number of imidazole rings is 1. The lowest BCUT2D eigenvalue weighted by atomic mass is 9.97. The van der Waals surface area contributed by atoms with E-state index in [1.54, 1.807) is 0 Å². The molecule has 0 amide bonds. The molecule has 4 heteroatoms. The highest BCUT2D eigenvalue weighted by Crippen LogP contribution is 2.26. The molecule has 0 saturated carbocycles. The Morgan fingerprint density at radius 3 is 2.89 bits per heavy atom. The van der Waals surface area contributed by atoms with E-state index in [0.717, 1.165) is 43.6 Å². The van der Waals surface area contributed by atoms with Crippen molar-refractivity contribution in [2.24, 2.45) is 0 Å². The zero-order valence-electron chi connectivity index (χ0n) is 10.5. The predicted octanol–water partition coefficient (Wildman–Crippen LogP) is 1.92. The number of aromatic nitrogens is 2. The Morgan fingerprint density at radius 2 is 2.17 bits per heavy atom. The largest absolute Gasteiger partial charge is 0.317 e. The van der Waals surface area contributed by atoms with E-state index in [1.165, 1.54) is 5.56 Å². The maximum Gasteiger partial charge on any atom is 0.170 e. The summed E-state index contributed by atoms with van der Waals surface area (Å²) in [5.41, 5.74) is 2.67. The predicted molar refractivity (Wildman–Crippen MR) is 70.2 cm³/mol. The first-order valence-corrected chi connectivity index (χ1v) is 6.44. The third-order valence-corrected chi connectivity index (χ3v) is 3.66. The van der Waals surface area contributed by atoms with E-state index in [2.05, 4.69) is 27.8 Å². The molecule has 3 rings (SSSR count). The molecule has 1 saturated heterocycles. The van der Waals surface area contributed by atoms with Gasteiger partial charge in [-0.05, 0) is 44.5 Å². The summed E-state index contributed by atoms with van der Waals surface area (Å²) in [6.45, 7) is 4.12. The Kier molecular flexibility index (Phi) is 2.88. The third-order valence-electron chi connectivity index (χ3n) is 3.66. The van der Waals surface area contributed by atoms with E-state index in [0.29, 0.717) is 11.6 Å². The van der Waals surface area contributed by atoms with Crippen LogP contribution in [0.4, 0.5) is 0 Å². The Morgan fingerprint density at radius 1 is 1.39 bits per heavy atom. The number of hydrogen-bond acceptors (Lipinski definition) is 3. The van der Waals surface area contributed by atoms with Gasteiger partial charge in [-0.25, -0.2) is 4.98 Å². The van der Waals surface area contributed by atoms with Crippen LogP contribution in [0, 0.1) is 6.92 Å². The van der Waals surface area contributed by atoms with Crippen molar-refractivity contribution in [1.82, 2.24) is 14.7 Å². The number of nitrogens with zero attached hydrogens (tertiary/aromatic N) is 2. The molecular formula is C14H17N3O. The standard InChI is InChI=1S/C14H17N3O/c1-10-2-3-13-12(9-18)16-14(17(13)8-10)11-4-6-15-7-5-11/h2-3,8-9,11,15H,4-7H2,1H3. The average molecular weight is 243 g/mol. The van der Waals surface area contributed by atoms with Gasteiger partial charge in [0.25, 0.3) is 0 Å². The lowest BCUT2D eigenvalue weighted by Crippen LogP contribution is -2.27. The number of piperidine rings is 1. The molecule has 2 aromatic heterocycles. The fourth-order valence-electron chi connectivity index (χ4n) is 2.69. The van der Waals surface area contributed by atoms with Crippen LogP contribution >= 0.6 is 0 Å². The average Bonchev–Trinajstić information content (AvgIpc) is 2.77. The molecule has 18 heavy (non-hydrogen) atoms. The fraction of sp³-hybridized carbons (Fsp3) is 0.429. The van der Waals surface area contributed by atoms with Gasteiger partial charge in [-0.3, -0.25) is 4.79 Å². The first-order valence-electron chi connectivity index (χ1n) is 6.44. The zero-order chi connectivity index (χ0) is 12.5. The fourth-order valence-corrected chi connectivity index (χ4v) is 2.69. The van der Waals surface area contributed by atoms with E-state index < -0.39 is 0 Å². The highest BCUT2D eigenvalue weighted by Gasteiger charge is 2.21. The smallest absolute Gasteiger partial charge is 0.170 e. The van der Waals surface area contributed by atoms with Crippen molar-refractivity contribution in [1.29, 1.82) is 0 Å². The van der Waals surface area contributed by atoms with Gasteiger partial charge in [0.15, 0.2) is 6.29 Å². The summed E-state index contributed by atoms with van der Waals surface area (Å²) in [6, 6.07) is 4.01. The number of pyridine rings is 1. The first kappa shape index (κ1) is 11.4. The lowest BCUT2D eigenvalue weighted by Gasteiger charge is -2.21. The van der Waals surface area contributed by atoms with Gasteiger partial charge in [0.1, 0.15) is 11.5 Å². The highest BCUT2D eigenvalue weighted by molar-refractivity contribution is 5.83. The Labute approximate surface area is 106 Å². The Balaban J connectivity index is 2.15. The van der Waals surface area contributed by atoms with Crippen LogP contribution in [0.1, 0.15) is 40.6 Å². The molecule has 0 spiro atoms. The van der Waals surface area contributed by atoms with E-state index in [4.69, 9.17) is 0 Å². The van der Waals surface area contributed by atoms with Gasteiger partial charge in [-0.15, -0.1) is 0 Å². The number of aryl methyl sites for hydroxylation is 1. The quantitative estimate of drug-likeness (QED) is 0.820. The Bertz CT molecular complexity index is 582. The second kappa shape index (κ2) is 4.53. The zero-order valence-corrected chi connectivity index (χ0v) is 10.5. The van der Waals surface area contributed by atoms with Crippen molar-refractivity contribution >= 4 is 11.8 Å². The summed E-state index contributed by atoms with van der Waals surface area (Å²) in [4.78, 5) is 15.7. The third kappa shape index (κ3) is 1.82. The van der Waals surface area contributed by atoms with Gasteiger partial charge in [-0.1, -0.05) is 6.07 Å². The van der Waals surface area contributed by atoms with Crippen molar-refractivity contribution in [3.05, 3.63) is 35.4 Å². The SMILES string of the molecule is Cc1ccc2c(C=O)nc(C3CCNCC3)n2c1. The van der Waals surface area contributed by atoms with Crippen LogP contribution in [0.25, 0.3) is 5.52 Å².